The summed E-state index contributed by atoms with van der Waals surface area (Å²) in [6, 6.07) is 0. The highest BCUT2D eigenvalue weighted by atomic mass is 16.1. The van der Waals surface area contributed by atoms with E-state index in [-0.39, 0.29) is 7.43 Å². The van der Waals surface area contributed by atoms with E-state index >= 15 is 0 Å². The molecule has 0 aromatic rings. The van der Waals surface area contributed by atoms with Gasteiger partial charge in [0.25, 0.3) is 0 Å². The predicted molar refractivity (Wildman–Crippen MR) is 25.4 cm³/mol. The standard InChI is InChI=1S/C3H5NO.CH4/c1-2-4-3-5;/h2H2,1H3;1H4. The average molecular weight is 87.1 g/mol. The number of rotatable bonds is 1. The first-order valence-corrected chi connectivity index (χ1v) is 1.45. The number of carbonyl (C=O) groups excluding carboxylic acids is 1. The van der Waals surface area contributed by atoms with Crippen LogP contribution in [0, 0.1) is 0 Å². The summed E-state index contributed by atoms with van der Waals surface area (Å²) in [5.41, 5.74) is 0. The normalized spacial score (nSPS) is 4.83. The molecule has 2 nitrogen and oxygen atoms in total. The fourth-order valence-electron chi connectivity index (χ4n) is 0.0645. The van der Waals surface area contributed by atoms with Gasteiger partial charge >= 0.3 is 0 Å². The molecule has 0 radical (unpaired) electrons. The topological polar surface area (TPSA) is 29.4 Å². The second-order valence-electron chi connectivity index (χ2n) is 0.566. The average Bonchev–Trinajstić information content (AvgIpc) is 1.41. The van der Waals surface area contributed by atoms with Crippen molar-refractivity contribution in [1.82, 2.24) is 0 Å². The van der Waals surface area contributed by atoms with E-state index in [0.717, 1.165) is 0 Å². The minimum absolute atomic E-state index is 0. The van der Waals surface area contributed by atoms with Crippen LogP contribution in [-0.2, 0) is 4.79 Å². The Kier molecular flexibility index (Phi) is 13.3. The Morgan fingerprint density at radius 1 is 1.83 bits per heavy atom. The van der Waals surface area contributed by atoms with Gasteiger partial charge in [-0.2, -0.15) is 0 Å². The van der Waals surface area contributed by atoms with Crippen molar-refractivity contribution in [3.63, 3.8) is 0 Å². The van der Waals surface area contributed by atoms with Crippen molar-refractivity contribution in [3.8, 4) is 0 Å². The monoisotopic (exact) mass is 87.1 g/mol. The highest BCUT2D eigenvalue weighted by Gasteiger charge is 1.52. The van der Waals surface area contributed by atoms with Crippen molar-refractivity contribution in [2.45, 2.75) is 14.4 Å². The summed E-state index contributed by atoms with van der Waals surface area (Å²) in [7, 11) is 0. The summed E-state index contributed by atoms with van der Waals surface area (Å²) in [6.07, 6.45) is 1.39. The maximum Gasteiger partial charge on any atom is 0.234 e. The van der Waals surface area contributed by atoms with E-state index in [1.165, 1.54) is 6.08 Å². The fourth-order valence-corrected chi connectivity index (χ4v) is 0.0645. The highest BCUT2D eigenvalue weighted by Crippen LogP contribution is 1.52. The molecule has 0 N–H and O–H groups in total. The Bertz CT molecular complexity index is 54.6. The van der Waals surface area contributed by atoms with Gasteiger partial charge in [0.2, 0.25) is 6.08 Å². The SMILES string of the molecule is C.CCN=C=O. The summed E-state index contributed by atoms with van der Waals surface area (Å²) in [5.74, 6) is 0. The van der Waals surface area contributed by atoms with E-state index in [9.17, 15) is 0 Å². The fraction of sp³-hybridized carbons (Fsp3) is 0.750. The van der Waals surface area contributed by atoms with Crippen LogP contribution in [0.3, 0.4) is 0 Å². The second kappa shape index (κ2) is 8.83. The summed E-state index contributed by atoms with van der Waals surface area (Å²) < 4.78 is 0. The van der Waals surface area contributed by atoms with Crippen LogP contribution in [-0.4, -0.2) is 12.6 Å². The zero-order valence-electron chi connectivity index (χ0n) is 3.06. The van der Waals surface area contributed by atoms with Crippen LogP contribution in [0.1, 0.15) is 14.4 Å². The quantitative estimate of drug-likeness (QED) is 0.346. The molecule has 0 aromatic heterocycles. The molecule has 0 aliphatic carbocycles. The molecular weight excluding hydrogens is 78.0 g/mol. The molecule has 0 unspecified atom stereocenters. The smallest absolute Gasteiger partial charge is 0.211 e. The molecule has 0 fully saturated rings. The molecule has 2 heteroatoms. The number of aliphatic imine (C=N–C) groups is 1. The van der Waals surface area contributed by atoms with Crippen LogP contribution in [0.5, 0.6) is 0 Å². The molecular formula is C4H9NO. The van der Waals surface area contributed by atoms with Crippen molar-refractivity contribution in [2.24, 2.45) is 4.99 Å². The van der Waals surface area contributed by atoms with E-state index in [1.54, 1.807) is 6.92 Å². The summed E-state index contributed by atoms with van der Waals surface area (Å²) >= 11 is 0. The second-order valence-corrected chi connectivity index (χ2v) is 0.566. The molecule has 0 aliphatic rings. The number of isocyanates is 1. The van der Waals surface area contributed by atoms with Gasteiger partial charge in [-0.1, -0.05) is 7.43 Å². The van der Waals surface area contributed by atoms with E-state index < -0.39 is 0 Å². The highest BCUT2D eigenvalue weighted by molar-refractivity contribution is 5.32. The van der Waals surface area contributed by atoms with Gasteiger partial charge in [-0.25, -0.2) is 9.79 Å². The Morgan fingerprint density at radius 3 is 2.33 bits per heavy atom. The number of nitrogens with zero attached hydrogens (tertiary/aromatic N) is 1. The van der Waals surface area contributed by atoms with Crippen molar-refractivity contribution >= 4 is 6.08 Å². The Morgan fingerprint density at radius 2 is 2.33 bits per heavy atom. The Labute approximate surface area is 37.9 Å². The maximum absolute atomic E-state index is 9.11. The third-order valence-corrected chi connectivity index (χ3v) is 0.223. The molecule has 0 saturated heterocycles. The van der Waals surface area contributed by atoms with Crippen molar-refractivity contribution < 1.29 is 4.79 Å². The lowest BCUT2D eigenvalue weighted by molar-refractivity contribution is 0.563. The minimum Gasteiger partial charge on any atom is -0.211 e. The molecule has 0 spiro atoms. The van der Waals surface area contributed by atoms with Crippen LogP contribution in [0.4, 0.5) is 0 Å². The van der Waals surface area contributed by atoms with Gasteiger partial charge in [0.05, 0.1) is 0 Å². The van der Waals surface area contributed by atoms with Gasteiger partial charge in [0.15, 0.2) is 0 Å². The lowest BCUT2D eigenvalue weighted by atomic mass is 10.8. The van der Waals surface area contributed by atoms with Crippen LogP contribution in [0.15, 0.2) is 4.99 Å². The lowest BCUT2D eigenvalue weighted by Gasteiger charge is -1.58. The maximum atomic E-state index is 9.11. The predicted octanol–water partition coefficient (Wildman–Crippen LogP) is 0.978. The summed E-state index contributed by atoms with van der Waals surface area (Å²) in [5, 5.41) is 0. The van der Waals surface area contributed by atoms with Gasteiger partial charge in [0.1, 0.15) is 0 Å². The Hall–Kier alpha value is -0.620. The van der Waals surface area contributed by atoms with Gasteiger partial charge in [-0.05, 0) is 6.92 Å². The Balaban J connectivity index is 0. The van der Waals surface area contributed by atoms with Crippen LogP contribution in [0.2, 0.25) is 0 Å². The number of hydrogen-bond acceptors (Lipinski definition) is 2. The molecule has 0 heterocycles. The third kappa shape index (κ3) is 10.1. The van der Waals surface area contributed by atoms with E-state index in [2.05, 4.69) is 4.99 Å². The van der Waals surface area contributed by atoms with Gasteiger partial charge < -0.3 is 0 Å². The van der Waals surface area contributed by atoms with E-state index in [0.29, 0.717) is 6.54 Å². The van der Waals surface area contributed by atoms with E-state index in [1.807, 2.05) is 0 Å². The van der Waals surface area contributed by atoms with Crippen LogP contribution in [0.25, 0.3) is 0 Å². The summed E-state index contributed by atoms with van der Waals surface area (Å²) in [4.78, 5) is 12.3. The first kappa shape index (κ1) is 9.03. The van der Waals surface area contributed by atoms with Crippen LogP contribution < -0.4 is 0 Å². The molecule has 0 rings (SSSR count). The summed E-state index contributed by atoms with van der Waals surface area (Å²) in [6.45, 7) is 2.33. The molecule has 36 valence electrons. The molecule has 0 atom stereocenters. The van der Waals surface area contributed by atoms with E-state index in [4.69, 9.17) is 4.79 Å². The molecule has 0 bridgehead atoms. The van der Waals surface area contributed by atoms with Crippen molar-refractivity contribution in [3.05, 3.63) is 0 Å². The number of hydrogen-bond donors (Lipinski definition) is 0. The molecule has 6 heavy (non-hydrogen) atoms. The van der Waals surface area contributed by atoms with Crippen LogP contribution >= 0.6 is 0 Å². The van der Waals surface area contributed by atoms with Gasteiger partial charge in [-0.3, -0.25) is 0 Å². The largest absolute Gasteiger partial charge is 0.234 e. The third-order valence-electron chi connectivity index (χ3n) is 0.223. The first-order valence-electron chi connectivity index (χ1n) is 1.45. The van der Waals surface area contributed by atoms with Gasteiger partial charge in [-0.15, -0.1) is 0 Å². The lowest BCUT2D eigenvalue weighted by Crippen LogP contribution is -1.58. The van der Waals surface area contributed by atoms with Crippen molar-refractivity contribution in [1.29, 1.82) is 0 Å². The zero-order valence-corrected chi connectivity index (χ0v) is 3.06. The molecule has 0 saturated carbocycles. The van der Waals surface area contributed by atoms with Crippen molar-refractivity contribution in [2.75, 3.05) is 6.54 Å². The van der Waals surface area contributed by atoms with Gasteiger partial charge in [0, 0.05) is 6.54 Å². The molecule has 0 aliphatic heterocycles. The molecule has 0 amide bonds. The first-order chi connectivity index (χ1) is 2.41. The minimum atomic E-state index is 0. The molecule has 0 aromatic carbocycles. The zero-order chi connectivity index (χ0) is 4.12.